The van der Waals surface area contributed by atoms with Gasteiger partial charge < -0.3 is 10.1 Å². The summed E-state index contributed by atoms with van der Waals surface area (Å²) in [5.74, 6) is -0.827. The van der Waals surface area contributed by atoms with Crippen LogP contribution in [-0.4, -0.2) is 46.8 Å². The number of hydrogen-bond donors (Lipinski definition) is 1. The first-order valence-electron chi connectivity index (χ1n) is 9.70. The molecule has 7 nitrogen and oxygen atoms in total. The number of nitrogens with one attached hydrogen (secondary N) is 1. The molecule has 2 amide bonds. The maximum absolute atomic E-state index is 12.9. The Morgan fingerprint density at radius 1 is 1.19 bits per heavy atom. The first kappa shape index (κ1) is 22.8. The van der Waals surface area contributed by atoms with Gasteiger partial charge in [0.1, 0.15) is 0 Å². The van der Waals surface area contributed by atoms with E-state index in [9.17, 15) is 14.4 Å². The number of nitrogens with zero attached hydrogens (tertiary/aromatic N) is 2. The highest BCUT2D eigenvalue weighted by Gasteiger charge is 2.35. The zero-order valence-corrected chi connectivity index (χ0v) is 18.7. The molecule has 162 valence electrons. The van der Waals surface area contributed by atoms with Crippen LogP contribution in [0.4, 0.5) is 5.69 Å². The summed E-state index contributed by atoms with van der Waals surface area (Å²) in [6.45, 7) is 2.35. The van der Waals surface area contributed by atoms with Crippen LogP contribution in [0.3, 0.4) is 0 Å². The number of benzene rings is 2. The van der Waals surface area contributed by atoms with E-state index in [1.54, 1.807) is 55.3 Å². The molecule has 0 spiro atoms. The molecule has 1 aliphatic heterocycles. The Morgan fingerprint density at radius 3 is 2.48 bits per heavy atom. The van der Waals surface area contributed by atoms with Gasteiger partial charge in [0.2, 0.25) is 11.8 Å². The van der Waals surface area contributed by atoms with E-state index in [0.29, 0.717) is 34.6 Å². The fourth-order valence-corrected chi connectivity index (χ4v) is 4.21. The van der Waals surface area contributed by atoms with Gasteiger partial charge in [-0.1, -0.05) is 35.5 Å². The van der Waals surface area contributed by atoms with E-state index in [1.165, 1.54) is 11.8 Å². The van der Waals surface area contributed by atoms with Crippen molar-refractivity contribution in [2.24, 2.45) is 4.99 Å². The number of hydrogen-bond acceptors (Lipinski definition) is 6. The minimum absolute atomic E-state index is 0.0821. The molecule has 1 saturated heterocycles. The van der Waals surface area contributed by atoms with Gasteiger partial charge in [0.05, 0.1) is 29.7 Å². The van der Waals surface area contributed by atoms with Gasteiger partial charge in [0.25, 0.3) is 0 Å². The van der Waals surface area contributed by atoms with Crippen LogP contribution in [0.1, 0.15) is 29.3 Å². The van der Waals surface area contributed by atoms with E-state index < -0.39 is 11.2 Å². The maximum atomic E-state index is 12.9. The van der Waals surface area contributed by atoms with Crippen LogP contribution in [-0.2, 0) is 20.9 Å². The van der Waals surface area contributed by atoms with E-state index in [1.807, 2.05) is 12.1 Å². The number of amides is 2. The molecule has 1 fully saturated rings. The normalized spacial score (nSPS) is 17.5. The summed E-state index contributed by atoms with van der Waals surface area (Å²) >= 11 is 7.20. The number of ether oxygens (including phenoxy) is 1. The van der Waals surface area contributed by atoms with E-state index in [-0.39, 0.29) is 18.2 Å². The minimum atomic E-state index is -0.559. The third-order valence-corrected chi connectivity index (χ3v) is 5.98. The SMILES string of the molecule is CCOC(=O)c1ccc(N=C2S[C@@H](C(=O)NC)CC(=O)N2Cc2ccc(Cl)cc2)cc1. The standard InChI is InChI=1S/C22H22ClN3O4S/c1-3-30-21(29)15-6-10-17(11-7-15)25-22-26(13-14-4-8-16(23)9-5-14)19(27)12-18(31-22)20(28)24-2/h4-11,18H,3,12-13H2,1-2H3,(H,24,28)/t18-/m1/s1. The van der Waals surface area contributed by atoms with Crippen molar-refractivity contribution in [1.29, 1.82) is 0 Å². The number of carbonyl (C=O) groups excluding carboxylic acids is 3. The zero-order valence-electron chi connectivity index (χ0n) is 17.1. The molecule has 0 bridgehead atoms. The summed E-state index contributed by atoms with van der Waals surface area (Å²) in [6, 6.07) is 13.8. The molecule has 0 radical (unpaired) electrons. The van der Waals surface area contributed by atoms with Gasteiger partial charge in [0, 0.05) is 18.5 Å². The van der Waals surface area contributed by atoms with Crippen molar-refractivity contribution in [3.05, 3.63) is 64.7 Å². The fourth-order valence-electron chi connectivity index (χ4n) is 2.93. The summed E-state index contributed by atoms with van der Waals surface area (Å²) in [4.78, 5) is 43.1. The Hall–Kier alpha value is -2.84. The largest absolute Gasteiger partial charge is 0.462 e. The van der Waals surface area contributed by atoms with Crippen molar-refractivity contribution >= 4 is 52.0 Å². The smallest absolute Gasteiger partial charge is 0.338 e. The van der Waals surface area contributed by atoms with Crippen LogP contribution in [0.5, 0.6) is 0 Å². The molecule has 1 aliphatic rings. The van der Waals surface area contributed by atoms with Crippen molar-refractivity contribution in [1.82, 2.24) is 10.2 Å². The highest BCUT2D eigenvalue weighted by Crippen LogP contribution is 2.30. The van der Waals surface area contributed by atoms with Crippen molar-refractivity contribution in [3.8, 4) is 0 Å². The van der Waals surface area contributed by atoms with E-state index in [4.69, 9.17) is 16.3 Å². The lowest BCUT2D eigenvalue weighted by molar-refractivity contribution is -0.130. The van der Waals surface area contributed by atoms with Crippen molar-refractivity contribution in [3.63, 3.8) is 0 Å². The molecular weight excluding hydrogens is 438 g/mol. The first-order valence-corrected chi connectivity index (χ1v) is 11.0. The molecule has 2 aromatic rings. The Kier molecular flexibility index (Phi) is 7.70. The number of esters is 1. The number of rotatable bonds is 6. The topological polar surface area (TPSA) is 88.1 Å². The summed E-state index contributed by atoms with van der Waals surface area (Å²) in [5.41, 5.74) is 1.86. The highest BCUT2D eigenvalue weighted by atomic mass is 35.5. The second-order valence-corrected chi connectivity index (χ2v) is 8.30. The summed E-state index contributed by atoms with van der Waals surface area (Å²) < 4.78 is 4.99. The molecule has 0 unspecified atom stereocenters. The van der Waals surface area contributed by atoms with Gasteiger partial charge >= 0.3 is 5.97 Å². The Labute approximate surface area is 189 Å². The van der Waals surface area contributed by atoms with Crippen molar-refractivity contribution in [2.45, 2.75) is 25.1 Å². The van der Waals surface area contributed by atoms with Gasteiger partial charge in [0.15, 0.2) is 5.17 Å². The molecule has 0 saturated carbocycles. The second kappa shape index (κ2) is 10.5. The third-order valence-electron chi connectivity index (χ3n) is 4.54. The maximum Gasteiger partial charge on any atom is 0.338 e. The molecule has 2 aromatic carbocycles. The van der Waals surface area contributed by atoms with E-state index >= 15 is 0 Å². The average Bonchev–Trinajstić information content (AvgIpc) is 2.77. The Morgan fingerprint density at radius 2 is 1.87 bits per heavy atom. The molecule has 1 N–H and O–H groups in total. The fraction of sp³-hybridized carbons (Fsp3) is 0.273. The van der Waals surface area contributed by atoms with Gasteiger partial charge in [-0.3, -0.25) is 14.5 Å². The molecule has 0 aromatic heterocycles. The van der Waals surface area contributed by atoms with Crippen LogP contribution in [0.2, 0.25) is 5.02 Å². The van der Waals surface area contributed by atoms with Gasteiger partial charge in [-0.2, -0.15) is 0 Å². The summed E-state index contributed by atoms with van der Waals surface area (Å²) in [5, 5.41) is 3.06. The molecule has 1 atom stereocenters. The third kappa shape index (κ3) is 5.86. The van der Waals surface area contributed by atoms with Gasteiger partial charge in [-0.15, -0.1) is 0 Å². The van der Waals surface area contributed by atoms with Crippen molar-refractivity contribution in [2.75, 3.05) is 13.7 Å². The van der Waals surface area contributed by atoms with E-state index in [2.05, 4.69) is 10.3 Å². The first-order chi connectivity index (χ1) is 14.9. The average molecular weight is 460 g/mol. The molecular formula is C22H22ClN3O4S. The zero-order chi connectivity index (χ0) is 22.4. The van der Waals surface area contributed by atoms with Gasteiger partial charge in [-0.05, 0) is 48.9 Å². The van der Waals surface area contributed by atoms with Gasteiger partial charge in [-0.25, -0.2) is 9.79 Å². The summed E-state index contributed by atoms with van der Waals surface area (Å²) in [6.07, 6.45) is 0.0821. The van der Waals surface area contributed by atoms with Crippen LogP contribution in [0, 0.1) is 0 Å². The lowest BCUT2D eigenvalue weighted by atomic mass is 10.2. The van der Waals surface area contributed by atoms with Crippen LogP contribution < -0.4 is 5.32 Å². The number of carbonyl (C=O) groups is 3. The summed E-state index contributed by atoms with van der Waals surface area (Å²) in [7, 11) is 1.54. The van der Waals surface area contributed by atoms with E-state index in [0.717, 1.165) is 5.56 Å². The lowest BCUT2D eigenvalue weighted by Gasteiger charge is -2.31. The number of halogens is 1. The molecule has 1 heterocycles. The Balaban J connectivity index is 1.89. The second-order valence-electron chi connectivity index (χ2n) is 6.69. The van der Waals surface area contributed by atoms with Crippen LogP contribution >= 0.6 is 23.4 Å². The molecule has 31 heavy (non-hydrogen) atoms. The Bertz CT molecular complexity index is 993. The van der Waals surface area contributed by atoms with Crippen molar-refractivity contribution < 1.29 is 19.1 Å². The molecule has 0 aliphatic carbocycles. The lowest BCUT2D eigenvalue weighted by Crippen LogP contribution is -2.45. The highest BCUT2D eigenvalue weighted by molar-refractivity contribution is 8.15. The molecule has 3 rings (SSSR count). The monoisotopic (exact) mass is 459 g/mol. The number of amidine groups is 1. The number of thioether (sulfide) groups is 1. The minimum Gasteiger partial charge on any atom is -0.462 e. The quantitative estimate of drug-likeness (QED) is 0.664. The predicted molar refractivity (Wildman–Crippen MR) is 122 cm³/mol. The number of aliphatic imine (C=N–C) groups is 1. The van der Waals surface area contributed by atoms with Crippen LogP contribution in [0.25, 0.3) is 0 Å². The predicted octanol–water partition coefficient (Wildman–Crippen LogP) is 3.78. The van der Waals surface area contributed by atoms with Crippen LogP contribution in [0.15, 0.2) is 53.5 Å². The molecule has 9 heteroatoms.